The first-order valence-electron chi connectivity index (χ1n) is 8.95. The van der Waals surface area contributed by atoms with Gasteiger partial charge in [-0.2, -0.15) is 10.4 Å². The van der Waals surface area contributed by atoms with Crippen LogP contribution >= 0.6 is 0 Å². The van der Waals surface area contributed by atoms with E-state index in [0.717, 1.165) is 37.3 Å². The van der Waals surface area contributed by atoms with Crippen LogP contribution in [0.3, 0.4) is 0 Å². The Bertz CT molecular complexity index is 978. The third-order valence-corrected chi connectivity index (χ3v) is 4.64. The molecule has 1 aliphatic rings. The largest absolute Gasteiger partial charge is 0.440 e. The van der Waals surface area contributed by atoms with E-state index in [9.17, 15) is 4.79 Å². The van der Waals surface area contributed by atoms with Crippen molar-refractivity contribution in [1.29, 1.82) is 5.26 Å². The van der Waals surface area contributed by atoms with Gasteiger partial charge in [-0.25, -0.2) is 4.68 Å². The Morgan fingerprint density at radius 2 is 2.04 bits per heavy atom. The number of benzene rings is 1. The number of hydrogen-bond donors (Lipinski definition) is 1. The first kappa shape index (κ1) is 16.9. The Hall–Kier alpha value is -3.53. The monoisotopic (exact) mass is 361 g/mol. The van der Waals surface area contributed by atoms with E-state index in [4.69, 9.17) is 9.68 Å². The Kier molecular flexibility index (Phi) is 4.62. The van der Waals surface area contributed by atoms with Gasteiger partial charge in [0.15, 0.2) is 5.76 Å². The molecule has 1 amide bonds. The van der Waals surface area contributed by atoms with Gasteiger partial charge in [0, 0.05) is 25.5 Å². The third kappa shape index (κ3) is 3.55. The van der Waals surface area contributed by atoms with Gasteiger partial charge in [0.1, 0.15) is 6.07 Å². The van der Waals surface area contributed by atoms with Crippen molar-refractivity contribution in [2.24, 2.45) is 0 Å². The van der Waals surface area contributed by atoms with Crippen molar-refractivity contribution >= 4 is 17.3 Å². The molecule has 0 unspecified atom stereocenters. The first-order chi connectivity index (χ1) is 13.2. The minimum atomic E-state index is -0.374. The number of carbonyl (C=O) groups excluding carboxylic acids is 1. The fourth-order valence-electron chi connectivity index (χ4n) is 3.29. The summed E-state index contributed by atoms with van der Waals surface area (Å²) < 4.78 is 7.03. The Morgan fingerprint density at radius 1 is 1.19 bits per heavy atom. The van der Waals surface area contributed by atoms with Gasteiger partial charge in [0.25, 0.3) is 5.91 Å². The maximum absolute atomic E-state index is 12.5. The quantitative estimate of drug-likeness (QED) is 0.767. The highest BCUT2D eigenvalue weighted by Crippen LogP contribution is 2.31. The van der Waals surface area contributed by atoms with Crippen molar-refractivity contribution in [3.63, 3.8) is 0 Å². The van der Waals surface area contributed by atoms with Crippen LogP contribution in [0.5, 0.6) is 0 Å². The Labute approximate surface area is 156 Å². The predicted molar refractivity (Wildman–Crippen MR) is 101 cm³/mol. The van der Waals surface area contributed by atoms with E-state index in [-0.39, 0.29) is 17.4 Å². The minimum Gasteiger partial charge on any atom is -0.440 e. The minimum absolute atomic E-state index is 0.116. The Balaban J connectivity index is 1.66. The zero-order valence-electron chi connectivity index (χ0n) is 14.8. The predicted octanol–water partition coefficient (Wildman–Crippen LogP) is 3.58. The van der Waals surface area contributed by atoms with E-state index in [1.165, 1.54) is 18.6 Å². The number of nitrogens with one attached hydrogen (secondary N) is 1. The molecule has 0 saturated carbocycles. The summed E-state index contributed by atoms with van der Waals surface area (Å²) in [4.78, 5) is 14.8. The average molecular weight is 361 g/mol. The number of piperidine rings is 1. The van der Waals surface area contributed by atoms with Crippen LogP contribution in [0, 0.1) is 11.3 Å². The summed E-state index contributed by atoms with van der Waals surface area (Å²) in [5.74, 6) is -0.140. The molecule has 2 aromatic heterocycles. The Morgan fingerprint density at radius 3 is 2.74 bits per heavy atom. The molecule has 1 saturated heterocycles. The lowest BCUT2D eigenvalue weighted by molar-refractivity contribution is 0.0996. The van der Waals surface area contributed by atoms with E-state index in [1.54, 1.807) is 10.9 Å². The molecule has 0 aliphatic carbocycles. The number of rotatable bonds is 4. The van der Waals surface area contributed by atoms with Gasteiger partial charge >= 0.3 is 0 Å². The van der Waals surface area contributed by atoms with Crippen LogP contribution in [0.15, 0.2) is 53.2 Å². The lowest BCUT2D eigenvalue weighted by Gasteiger charge is -2.31. The number of aromatic nitrogens is 2. The lowest BCUT2D eigenvalue weighted by Crippen LogP contribution is -2.30. The fourth-order valence-corrected chi connectivity index (χ4v) is 3.29. The van der Waals surface area contributed by atoms with Gasteiger partial charge in [-0.1, -0.05) is 0 Å². The maximum Gasteiger partial charge on any atom is 0.291 e. The van der Waals surface area contributed by atoms with Crippen molar-refractivity contribution in [2.45, 2.75) is 19.3 Å². The normalized spacial score (nSPS) is 14.0. The molecule has 1 aliphatic heterocycles. The molecule has 3 heterocycles. The molecule has 0 spiro atoms. The molecule has 1 fully saturated rings. The van der Waals surface area contributed by atoms with Gasteiger partial charge in [-0.05, 0) is 55.7 Å². The molecule has 136 valence electrons. The van der Waals surface area contributed by atoms with Crippen LogP contribution in [0.1, 0.15) is 35.6 Å². The molecule has 1 aromatic carbocycles. The van der Waals surface area contributed by atoms with Crippen molar-refractivity contribution in [2.75, 3.05) is 23.3 Å². The summed E-state index contributed by atoms with van der Waals surface area (Å²) in [6, 6.07) is 12.6. The number of furan rings is 1. The number of hydrogen-bond acceptors (Lipinski definition) is 5. The van der Waals surface area contributed by atoms with Crippen molar-refractivity contribution < 1.29 is 9.21 Å². The SMILES string of the molecule is N#Cc1ccc(C(=O)Nc2ccc(-n3cccn3)cc2N2CCCCC2)o1. The highest BCUT2D eigenvalue weighted by Gasteiger charge is 2.19. The number of nitrogens with zero attached hydrogens (tertiary/aromatic N) is 4. The smallest absolute Gasteiger partial charge is 0.291 e. The summed E-state index contributed by atoms with van der Waals surface area (Å²) >= 11 is 0. The second kappa shape index (κ2) is 7.38. The maximum atomic E-state index is 12.5. The van der Waals surface area contributed by atoms with E-state index < -0.39 is 0 Å². The molecule has 3 aromatic rings. The first-order valence-corrected chi connectivity index (χ1v) is 8.95. The molecule has 0 bridgehead atoms. The zero-order valence-corrected chi connectivity index (χ0v) is 14.8. The van der Waals surface area contributed by atoms with Crippen LogP contribution in [0.25, 0.3) is 5.69 Å². The van der Waals surface area contributed by atoms with E-state index in [2.05, 4.69) is 15.3 Å². The van der Waals surface area contributed by atoms with Crippen LogP contribution in [0.2, 0.25) is 0 Å². The summed E-state index contributed by atoms with van der Waals surface area (Å²) in [6.07, 6.45) is 7.10. The molecule has 7 heteroatoms. The van der Waals surface area contributed by atoms with Gasteiger partial charge in [0.2, 0.25) is 5.76 Å². The van der Waals surface area contributed by atoms with Gasteiger partial charge in [-0.15, -0.1) is 0 Å². The lowest BCUT2D eigenvalue weighted by atomic mass is 10.1. The van der Waals surface area contributed by atoms with Crippen LogP contribution in [-0.4, -0.2) is 28.8 Å². The molecule has 4 rings (SSSR count). The van der Waals surface area contributed by atoms with Gasteiger partial charge in [-0.3, -0.25) is 4.79 Å². The van der Waals surface area contributed by atoms with Gasteiger partial charge in [0.05, 0.1) is 17.1 Å². The fraction of sp³-hybridized carbons (Fsp3) is 0.250. The van der Waals surface area contributed by atoms with Crippen LogP contribution in [-0.2, 0) is 0 Å². The zero-order chi connectivity index (χ0) is 18.6. The summed E-state index contributed by atoms with van der Waals surface area (Å²) in [5, 5.41) is 16.1. The van der Waals surface area contributed by atoms with E-state index in [0.29, 0.717) is 5.69 Å². The van der Waals surface area contributed by atoms with Crippen molar-refractivity contribution in [3.8, 4) is 11.8 Å². The molecular formula is C20H19N5O2. The molecule has 27 heavy (non-hydrogen) atoms. The van der Waals surface area contributed by atoms with Crippen molar-refractivity contribution in [1.82, 2.24) is 9.78 Å². The second-order valence-corrected chi connectivity index (χ2v) is 6.43. The van der Waals surface area contributed by atoms with Gasteiger partial charge < -0.3 is 14.6 Å². The molecule has 7 nitrogen and oxygen atoms in total. The molecule has 0 atom stereocenters. The van der Waals surface area contributed by atoms with Crippen molar-refractivity contribution in [3.05, 3.63) is 60.3 Å². The topological polar surface area (TPSA) is 87.1 Å². The number of anilines is 2. The summed E-state index contributed by atoms with van der Waals surface area (Å²) in [6.45, 7) is 1.90. The average Bonchev–Trinajstić information content (AvgIpc) is 3.41. The number of nitriles is 1. The highest BCUT2D eigenvalue weighted by molar-refractivity contribution is 6.04. The van der Waals surface area contributed by atoms with Crippen LogP contribution in [0.4, 0.5) is 11.4 Å². The summed E-state index contributed by atoms with van der Waals surface area (Å²) in [7, 11) is 0. The van der Waals surface area contributed by atoms with E-state index >= 15 is 0 Å². The third-order valence-electron chi connectivity index (χ3n) is 4.64. The number of amides is 1. The van der Waals surface area contributed by atoms with E-state index in [1.807, 2.05) is 36.5 Å². The molecule has 0 radical (unpaired) electrons. The number of carbonyl (C=O) groups is 1. The molecular weight excluding hydrogens is 342 g/mol. The second-order valence-electron chi connectivity index (χ2n) is 6.43. The standard InChI is InChI=1S/C20H19N5O2/c21-14-16-6-8-19(27-16)20(26)23-17-7-5-15(25-12-4-9-22-25)13-18(17)24-10-2-1-3-11-24/h4-9,12-13H,1-3,10-11H2,(H,23,26). The highest BCUT2D eigenvalue weighted by atomic mass is 16.3. The van der Waals surface area contributed by atoms with Crippen LogP contribution < -0.4 is 10.2 Å². The summed E-state index contributed by atoms with van der Waals surface area (Å²) in [5.41, 5.74) is 2.61. The molecule has 1 N–H and O–H groups in total.